The Labute approximate surface area is 166 Å². The highest BCUT2D eigenvalue weighted by Crippen LogP contribution is 2.62. The van der Waals surface area contributed by atoms with Gasteiger partial charge in [-0.1, -0.05) is 25.7 Å². The van der Waals surface area contributed by atoms with Crippen molar-refractivity contribution in [1.82, 2.24) is 15.2 Å². The normalized spacial score (nSPS) is 25.4. The van der Waals surface area contributed by atoms with Crippen LogP contribution in [0.2, 0.25) is 0 Å². The molecule has 3 aliphatic carbocycles. The standard InChI is InChI=1S/C22H29N3O3/c1-28-20-14(12-23-19(26)17-11-22(17)8-4-5-9-22)10-16-18(24-20)13-25(21(16)27)15-6-2-3-7-15/h10,15,17H,2-9,11-13H2,1H3,(H,23,26)/t17-/m0/s1. The molecule has 6 nitrogen and oxygen atoms in total. The summed E-state index contributed by atoms with van der Waals surface area (Å²) in [6, 6.07) is 2.23. The van der Waals surface area contributed by atoms with Gasteiger partial charge >= 0.3 is 0 Å². The summed E-state index contributed by atoms with van der Waals surface area (Å²) < 4.78 is 5.48. The summed E-state index contributed by atoms with van der Waals surface area (Å²) in [4.78, 5) is 32.1. The zero-order chi connectivity index (χ0) is 19.3. The van der Waals surface area contributed by atoms with E-state index >= 15 is 0 Å². The molecule has 1 aromatic heterocycles. The van der Waals surface area contributed by atoms with Gasteiger partial charge in [0.1, 0.15) is 0 Å². The number of nitrogens with zero attached hydrogens (tertiary/aromatic N) is 2. The summed E-state index contributed by atoms with van der Waals surface area (Å²) in [5.74, 6) is 0.912. The Balaban J connectivity index is 1.29. The molecule has 150 valence electrons. The molecule has 1 spiro atoms. The van der Waals surface area contributed by atoms with Crippen LogP contribution in [0.15, 0.2) is 6.07 Å². The van der Waals surface area contributed by atoms with Crippen LogP contribution in [0.4, 0.5) is 0 Å². The Morgan fingerprint density at radius 2 is 2.04 bits per heavy atom. The molecule has 6 heteroatoms. The van der Waals surface area contributed by atoms with E-state index in [4.69, 9.17) is 4.74 Å². The van der Waals surface area contributed by atoms with Crippen LogP contribution in [0.3, 0.4) is 0 Å². The van der Waals surface area contributed by atoms with Crippen molar-refractivity contribution in [2.24, 2.45) is 11.3 Å². The fraction of sp³-hybridized carbons (Fsp3) is 0.682. The highest BCUT2D eigenvalue weighted by atomic mass is 16.5. The number of fused-ring (bicyclic) bond motifs is 1. The van der Waals surface area contributed by atoms with Crippen molar-refractivity contribution in [2.75, 3.05) is 7.11 Å². The molecule has 0 bridgehead atoms. The third-order valence-electron chi connectivity index (χ3n) is 7.47. The van der Waals surface area contributed by atoms with E-state index < -0.39 is 0 Å². The fourth-order valence-corrected chi connectivity index (χ4v) is 5.74. The molecular weight excluding hydrogens is 354 g/mol. The lowest BCUT2D eigenvalue weighted by Gasteiger charge is -2.22. The van der Waals surface area contributed by atoms with Gasteiger partial charge < -0.3 is 15.0 Å². The van der Waals surface area contributed by atoms with Gasteiger partial charge in [0, 0.05) is 24.1 Å². The van der Waals surface area contributed by atoms with Crippen LogP contribution < -0.4 is 10.1 Å². The maximum atomic E-state index is 12.9. The molecule has 1 atom stereocenters. The Hall–Kier alpha value is -2.11. The number of methoxy groups -OCH3 is 1. The second-order valence-electron chi connectivity index (χ2n) is 9.07. The number of carbonyl (C=O) groups excluding carboxylic acids is 2. The van der Waals surface area contributed by atoms with E-state index in [1.165, 1.54) is 38.5 Å². The van der Waals surface area contributed by atoms with Gasteiger partial charge in [-0.25, -0.2) is 4.98 Å². The molecule has 1 aliphatic heterocycles. The predicted molar refractivity (Wildman–Crippen MR) is 104 cm³/mol. The maximum Gasteiger partial charge on any atom is 0.256 e. The summed E-state index contributed by atoms with van der Waals surface area (Å²) in [5, 5.41) is 3.08. The van der Waals surface area contributed by atoms with Crippen LogP contribution in [-0.4, -0.2) is 34.8 Å². The fourth-order valence-electron chi connectivity index (χ4n) is 5.74. The minimum Gasteiger partial charge on any atom is -0.481 e. The van der Waals surface area contributed by atoms with Crippen LogP contribution in [0.5, 0.6) is 5.88 Å². The van der Waals surface area contributed by atoms with Crippen molar-refractivity contribution in [3.63, 3.8) is 0 Å². The smallest absolute Gasteiger partial charge is 0.256 e. The second kappa shape index (κ2) is 6.75. The van der Waals surface area contributed by atoms with Crippen LogP contribution in [0.25, 0.3) is 0 Å². The molecule has 3 fully saturated rings. The lowest BCUT2D eigenvalue weighted by molar-refractivity contribution is -0.123. The number of pyridine rings is 1. The third kappa shape index (κ3) is 2.88. The molecule has 28 heavy (non-hydrogen) atoms. The second-order valence-corrected chi connectivity index (χ2v) is 9.07. The van der Waals surface area contributed by atoms with Gasteiger partial charge in [0.25, 0.3) is 5.91 Å². The van der Waals surface area contributed by atoms with E-state index in [0.717, 1.165) is 30.5 Å². The molecule has 1 N–H and O–H groups in total. The van der Waals surface area contributed by atoms with E-state index in [2.05, 4.69) is 10.3 Å². The third-order valence-corrected chi connectivity index (χ3v) is 7.47. The molecule has 4 aliphatic rings. The van der Waals surface area contributed by atoms with Gasteiger partial charge in [-0.15, -0.1) is 0 Å². The summed E-state index contributed by atoms with van der Waals surface area (Å²) in [7, 11) is 1.60. The van der Waals surface area contributed by atoms with Gasteiger partial charge in [-0.05, 0) is 43.6 Å². The molecule has 2 heterocycles. The van der Waals surface area contributed by atoms with Crippen molar-refractivity contribution >= 4 is 11.8 Å². The monoisotopic (exact) mass is 383 g/mol. The van der Waals surface area contributed by atoms with Crippen molar-refractivity contribution in [3.05, 3.63) is 22.9 Å². The lowest BCUT2D eigenvalue weighted by atomic mass is 10.0. The SMILES string of the molecule is COc1nc2c(cc1CNC(=O)[C@@H]1CC13CCCC3)C(=O)N(C1CCCC1)C2. The number of rotatable bonds is 5. The van der Waals surface area contributed by atoms with Crippen molar-refractivity contribution < 1.29 is 14.3 Å². The Morgan fingerprint density at radius 1 is 1.29 bits per heavy atom. The van der Waals surface area contributed by atoms with E-state index in [1.54, 1.807) is 7.11 Å². The van der Waals surface area contributed by atoms with Crippen LogP contribution in [0, 0.1) is 11.3 Å². The highest BCUT2D eigenvalue weighted by Gasteiger charge is 2.58. The minimum absolute atomic E-state index is 0.0803. The topological polar surface area (TPSA) is 71.5 Å². The van der Waals surface area contributed by atoms with Gasteiger partial charge in [-0.2, -0.15) is 0 Å². The zero-order valence-corrected chi connectivity index (χ0v) is 16.6. The summed E-state index contributed by atoms with van der Waals surface area (Å²) in [5.41, 5.74) is 2.56. The average molecular weight is 383 g/mol. The molecule has 2 amide bonds. The number of amides is 2. The van der Waals surface area contributed by atoms with Gasteiger partial charge in [0.15, 0.2) is 0 Å². The lowest BCUT2D eigenvalue weighted by Crippen LogP contribution is -2.33. The molecule has 3 saturated carbocycles. The molecule has 0 aromatic carbocycles. The predicted octanol–water partition coefficient (Wildman–Crippen LogP) is 3.19. The summed E-state index contributed by atoms with van der Waals surface area (Å²) >= 11 is 0. The number of aromatic nitrogens is 1. The molecule has 5 rings (SSSR count). The van der Waals surface area contributed by atoms with E-state index in [-0.39, 0.29) is 17.7 Å². The molecule has 1 aromatic rings. The minimum atomic E-state index is 0.0803. The van der Waals surface area contributed by atoms with E-state index in [1.807, 2.05) is 11.0 Å². The molecular formula is C22H29N3O3. The molecule has 0 unspecified atom stereocenters. The van der Waals surface area contributed by atoms with Gasteiger partial charge in [0.2, 0.25) is 11.8 Å². The van der Waals surface area contributed by atoms with E-state index in [0.29, 0.717) is 36.0 Å². The van der Waals surface area contributed by atoms with Crippen molar-refractivity contribution in [3.8, 4) is 5.88 Å². The zero-order valence-electron chi connectivity index (χ0n) is 16.6. The van der Waals surface area contributed by atoms with E-state index in [9.17, 15) is 9.59 Å². The first-order valence-electron chi connectivity index (χ1n) is 10.8. The average Bonchev–Trinajstić information content (AvgIpc) is 3.11. The first kappa shape index (κ1) is 18.0. The number of nitrogens with one attached hydrogen (secondary N) is 1. The van der Waals surface area contributed by atoms with Crippen LogP contribution in [0.1, 0.15) is 79.4 Å². The highest BCUT2D eigenvalue weighted by molar-refractivity contribution is 5.98. The maximum absolute atomic E-state index is 12.9. The van der Waals surface area contributed by atoms with Crippen LogP contribution >= 0.6 is 0 Å². The number of hydrogen-bond acceptors (Lipinski definition) is 4. The first-order chi connectivity index (χ1) is 13.6. The van der Waals surface area contributed by atoms with Crippen molar-refractivity contribution in [2.45, 2.75) is 76.9 Å². The first-order valence-corrected chi connectivity index (χ1v) is 10.8. The van der Waals surface area contributed by atoms with Crippen molar-refractivity contribution in [1.29, 1.82) is 0 Å². The summed E-state index contributed by atoms with van der Waals surface area (Å²) in [6.07, 6.45) is 10.5. The number of ether oxygens (including phenoxy) is 1. The molecule has 0 radical (unpaired) electrons. The quantitative estimate of drug-likeness (QED) is 0.848. The molecule has 0 saturated heterocycles. The Bertz CT molecular complexity index is 809. The Morgan fingerprint density at radius 3 is 2.75 bits per heavy atom. The van der Waals surface area contributed by atoms with Gasteiger partial charge in [-0.3, -0.25) is 9.59 Å². The number of carbonyl (C=O) groups is 2. The Kier molecular flexibility index (Phi) is 4.33. The van der Waals surface area contributed by atoms with Gasteiger partial charge in [0.05, 0.1) is 24.9 Å². The summed E-state index contributed by atoms with van der Waals surface area (Å²) in [6.45, 7) is 0.942. The largest absolute Gasteiger partial charge is 0.481 e. The van der Waals surface area contributed by atoms with Crippen LogP contribution in [-0.2, 0) is 17.9 Å². The number of hydrogen-bond donors (Lipinski definition) is 1.